The fraction of sp³-hybridized carbons (Fsp3) is 0.294. The molecule has 2 rings (SSSR count). The van der Waals surface area contributed by atoms with Crippen LogP contribution in [0, 0.1) is 5.82 Å². The number of hydrogen-bond donors (Lipinski definition) is 1. The number of rotatable bonds is 5. The Morgan fingerprint density at radius 2 is 1.91 bits per heavy atom. The summed E-state index contributed by atoms with van der Waals surface area (Å²) in [5.74, 6) is -0.298. The summed E-state index contributed by atoms with van der Waals surface area (Å²) in [5.41, 5.74) is 7.75. The highest BCUT2D eigenvalue weighted by Gasteiger charge is 2.20. The minimum atomic E-state index is -0.281. The average molecular weight is 338 g/mol. The average Bonchev–Trinajstić information content (AvgIpc) is 2.51. The van der Waals surface area contributed by atoms with Crippen LogP contribution in [0.1, 0.15) is 31.1 Å². The van der Waals surface area contributed by atoms with E-state index in [2.05, 4.69) is 4.98 Å². The standard InChI is InChI=1S/C17H20FN3O.ClH/c1-3-21(12(2)13-4-6-14(18)7-5-13)17(22)10-16-9-8-15(19)11-20-16;/h4-9,11-12H,3,10,19H2,1-2H3;1H. The third-order valence-electron chi connectivity index (χ3n) is 3.66. The van der Waals surface area contributed by atoms with Gasteiger partial charge in [-0.05, 0) is 43.7 Å². The molecule has 0 saturated heterocycles. The van der Waals surface area contributed by atoms with E-state index in [0.29, 0.717) is 17.9 Å². The number of pyridine rings is 1. The van der Waals surface area contributed by atoms with E-state index in [1.54, 1.807) is 35.4 Å². The Hall–Kier alpha value is -2.14. The van der Waals surface area contributed by atoms with Crippen molar-refractivity contribution in [1.29, 1.82) is 0 Å². The minimum Gasteiger partial charge on any atom is -0.397 e. The molecule has 0 saturated carbocycles. The molecule has 1 atom stereocenters. The van der Waals surface area contributed by atoms with E-state index in [-0.39, 0.29) is 36.6 Å². The third-order valence-corrected chi connectivity index (χ3v) is 3.66. The van der Waals surface area contributed by atoms with Gasteiger partial charge in [-0.1, -0.05) is 12.1 Å². The molecule has 0 bridgehead atoms. The van der Waals surface area contributed by atoms with Gasteiger partial charge < -0.3 is 10.6 Å². The second-order valence-corrected chi connectivity index (χ2v) is 5.17. The molecular weight excluding hydrogens is 317 g/mol. The fourth-order valence-electron chi connectivity index (χ4n) is 2.38. The van der Waals surface area contributed by atoms with Crippen LogP contribution in [0.4, 0.5) is 10.1 Å². The number of likely N-dealkylation sites (N-methyl/N-ethyl adjacent to an activating group) is 1. The van der Waals surface area contributed by atoms with E-state index in [0.717, 1.165) is 5.56 Å². The Morgan fingerprint density at radius 3 is 2.43 bits per heavy atom. The van der Waals surface area contributed by atoms with E-state index >= 15 is 0 Å². The normalized spacial score (nSPS) is 11.4. The van der Waals surface area contributed by atoms with Gasteiger partial charge in [-0.3, -0.25) is 9.78 Å². The van der Waals surface area contributed by atoms with E-state index < -0.39 is 0 Å². The number of carbonyl (C=O) groups excluding carboxylic acids is 1. The first-order valence-corrected chi connectivity index (χ1v) is 7.26. The SMILES string of the molecule is CCN(C(=O)Cc1ccc(N)cn1)C(C)c1ccc(F)cc1.Cl. The van der Waals surface area contributed by atoms with E-state index in [1.807, 2.05) is 13.8 Å². The van der Waals surface area contributed by atoms with Crippen LogP contribution < -0.4 is 5.73 Å². The molecule has 1 heterocycles. The Kier molecular flexibility index (Phi) is 6.97. The smallest absolute Gasteiger partial charge is 0.229 e. The zero-order chi connectivity index (χ0) is 16.1. The van der Waals surface area contributed by atoms with Gasteiger partial charge in [-0.2, -0.15) is 0 Å². The van der Waals surface area contributed by atoms with Gasteiger partial charge in [0.2, 0.25) is 5.91 Å². The van der Waals surface area contributed by atoms with Gasteiger partial charge in [0.15, 0.2) is 0 Å². The summed E-state index contributed by atoms with van der Waals surface area (Å²) in [4.78, 5) is 18.4. The Morgan fingerprint density at radius 1 is 1.26 bits per heavy atom. The van der Waals surface area contributed by atoms with Crippen LogP contribution in [0.15, 0.2) is 42.6 Å². The lowest BCUT2D eigenvalue weighted by Gasteiger charge is -2.28. The first-order chi connectivity index (χ1) is 10.5. The molecule has 1 aromatic carbocycles. The predicted octanol–water partition coefficient (Wildman–Crippen LogP) is 3.38. The van der Waals surface area contributed by atoms with Crippen molar-refractivity contribution in [3.63, 3.8) is 0 Å². The highest BCUT2D eigenvalue weighted by molar-refractivity contribution is 5.85. The van der Waals surface area contributed by atoms with Crippen LogP contribution in [-0.2, 0) is 11.2 Å². The molecule has 0 spiro atoms. The fourth-order valence-corrected chi connectivity index (χ4v) is 2.38. The summed E-state index contributed by atoms with van der Waals surface area (Å²) < 4.78 is 13.0. The minimum absolute atomic E-state index is 0. The van der Waals surface area contributed by atoms with Crippen molar-refractivity contribution in [2.24, 2.45) is 0 Å². The molecule has 2 N–H and O–H groups in total. The summed E-state index contributed by atoms with van der Waals surface area (Å²) in [6.07, 6.45) is 1.77. The molecule has 0 aliphatic heterocycles. The molecule has 1 amide bonds. The Bertz CT molecular complexity index is 631. The molecule has 6 heteroatoms. The van der Waals surface area contributed by atoms with Crippen LogP contribution in [0.5, 0.6) is 0 Å². The quantitative estimate of drug-likeness (QED) is 0.910. The number of hydrogen-bond acceptors (Lipinski definition) is 3. The molecule has 4 nitrogen and oxygen atoms in total. The zero-order valence-electron chi connectivity index (χ0n) is 13.2. The Labute approximate surface area is 141 Å². The van der Waals surface area contributed by atoms with Crippen molar-refractivity contribution in [2.75, 3.05) is 12.3 Å². The largest absolute Gasteiger partial charge is 0.397 e. The maximum absolute atomic E-state index is 13.0. The van der Waals surface area contributed by atoms with Gasteiger partial charge in [0, 0.05) is 12.2 Å². The van der Waals surface area contributed by atoms with Crippen molar-refractivity contribution in [2.45, 2.75) is 26.3 Å². The molecule has 0 fully saturated rings. The van der Waals surface area contributed by atoms with Gasteiger partial charge in [-0.25, -0.2) is 4.39 Å². The second-order valence-electron chi connectivity index (χ2n) is 5.17. The monoisotopic (exact) mass is 337 g/mol. The van der Waals surface area contributed by atoms with Crippen LogP contribution in [0.25, 0.3) is 0 Å². The van der Waals surface area contributed by atoms with E-state index in [1.165, 1.54) is 12.1 Å². The lowest BCUT2D eigenvalue weighted by Crippen LogP contribution is -2.34. The van der Waals surface area contributed by atoms with Crippen LogP contribution in [-0.4, -0.2) is 22.3 Å². The number of nitrogens with two attached hydrogens (primary N) is 1. The number of amides is 1. The molecule has 2 aromatic rings. The van der Waals surface area contributed by atoms with Gasteiger partial charge in [0.1, 0.15) is 5.82 Å². The second kappa shape index (κ2) is 8.48. The van der Waals surface area contributed by atoms with Crippen LogP contribution in [0.2, 0.25) is 0 Å². The van der Waals surface area contributed by atoms with Crippen molar-refractivity contribution in [3.05, 3.63) is 59.7 Å². The van der Waals surface area contributed by atoms with Crippen LogP contribution in [0.3, 0.4) is 0 Å². The summed E-state index contributed by atoms with van der Waals surface area (Å²) in [6.45, 7) is 4.44. The van der Waals surface area contributed by atoms with Crippen LogP contribution >= 0.6 is 12.4 Å². The topological polar surface area (TPSA) is 59.2 Å². The number of halogens is 2. The number of nitrogen functional groups attached to an aromatic ring is 1. The number of carbonyl (C=O) groups is 1. The van der Waals surface area contributed by atoms with Crippen molar-refractivity contribution >= 4 is 24.0 Å². The number of benzene rings is 1. The van der Waals surface area contributed by atoms with Gasteiger partial charge >= 0.3 is 0 Å². The maximum Gasteiger partial charge on any atom is 0.229 e. The molecule has 0 aliphatic rings. The molecule has 0 aliphatic carbocycles. The first-order valence-electron chi connectivity index (χ1n) is 7.26. The molecule has 124 valence electrons. The summed E-state index contributed by atoms with van der Waals surface area (Å²) in [6, 6.07) is 9.59. The lowest BCUT2D eigenvalue weighted by atomic mass is 10.1. The predicted molar refractivity (Wildman–Crippen MR) is 91.8 cm³/mol. The van der Waals surface area contributed by atoms with Gasteiger partial charge in [0.25, 0.3) is 0 Å². The molecule has 1 unspecified atom stereocenters. The zero-order valence-corrected chi connectivity index (χ0v) is 14.0. The summed E-state index contributed by atoms with van der Waals surface area (Å²) >= 11 is 0. The summed E-state index contributed by atoms with van der Waals surface area (Å²) in [5, 5.41) is 0. The number of aromatic nitrogens is 1. The Balaban J connectivity index is 0.00000264. The highest BCUT2D eigenvalue weighted by Crippen LogP contribution is 2.21. The first kappa shape index (κ1) is 18.9. The lowest BCUT2D eigenvalue weighted by molar-refractivity contribution is -0.132. The maximum atomic E-state index is 13.0. The van der Waals surface area contributed by atoms with E-state index in [9.17, 15) is 9.18 Å². The molecular formula is C17H21ClFN3O. The third kappa shape index (κ3) is 4.93. The summed E-state index contributed by atoms with van der Waals surface area (Å²) in [7, 11) is 0. The van der Waals surface area contributed by atoms with Crippen molar-refractivity contribution in [1.82, 2.24) is 9.88 Å². The molecule has 0 radical (unpaired) electrons. The number of nitrogens with zero attached hydrogens (tertiary/aromatic N) is 2. The van der Waals surface area contributed by atoms with Gasteiger partial charge in [0.05, 0.1) is 24.3 Å². The van der Waals surface area contributed by atoms with Crippen molar-refractivity contribution in [3.8, 4) is 0 Å². The number of anilines is 1. The van der Waals surface area contributed by atoms with Gasteiger partial charge in [-0.15, -0.1) is 12.4 Å². The van der Waals surface area contributed by atoms with E-state index in [4.69, 9.17) is 5.73 Å². The van der Waals surface area contributed by atoms with Crippen molar-refractivity contribution < 1.29 is 9.18 Å². The molecule has 1 aromatic heterocycles. The highest BCUT2D eigenvalue weighted by atomic mass is 35.5. The molecule has 23 heavy (non-hydrogen) atoms.